The van der Waals surface area contributed by atoms with E-state index >= 15 is 0 Å². The lowest BCUT2D eigenvalue weighted by Crippen LogP contribution is -2.42. The molecule has 0 unspecified atom stereocenters. The molecule has 0 radical (unpaired) electrons. The molecule has 1 N–H and O–H groups in total. The molecule has 0 saturated carbocycles. The van der Waals surface area contributed by atoms with E-state index in [4.69, 9.17) is 0 Å². The van der Waals surface area contributed by atoms with E-state index in [1.807, 2.05) is 0 Å². The summed E-state index contributed by atoms with van der Waals surface area (Å²) in [5.74, 6) is 0.424. The number of carbonyl (C=O) groups excluding carboxylic acids is 1. The molecule has 1 aliphatic heterocycles. The first-order chi connectivity index (χ1) is 11.9. The second kappa shape index (κ2) is 7.04. The summed E-state index contributed by atoms with van der Waals surface area (Å²) >= 11 is 0. The number of nitrogens with one attached hydrogen (secondary N) is 1. The number of amides is 1. The van der Waals surface area contributed by atoms with Gasteiger partial charge in [-0.15, -0.1) is 0 Å². The van der Waals surface area contributed by atoms with E-state index in [0.29, 0.717) is 13.1 Å². The third kappa shape index (κ3) is 4.23. The van der Waals surface area contributed by atoms with Crippen molar-refractivity contribution in [3.63, 3.8) is 0 Å². The van der Waals surface area contributed by atoms with Crippen molar-refractivity contribution >= 4 is 11.7 Å². The summed E-state index contributed by atoms with van der Waals surface area (Å²) < 4.78 is 37.6. The zero-order chi connectivity index (χ0) is 17.9. The Labute approximate surface area is 142 Å². The smallest absolute Gasteiger partial charge is 0.367 e. The van der Waals surface area contributed by atoms with Crippen LogP contribution in [0.2, 0.25) is 0 Å². The SMILES string of the molecule is O=C(c1ccc(C(F)(F)F)nc1)N1CCC(Nc2ccncn2)CC1. The molecule has 1 saturated heterocycles. The second-order valence-electron chi connectivity index (χ2n) is 5.74. The molecular formula is C16H16F3N5O. The summed E-state index contributed by atoms with van der Waals surface area (Å²) in [6, 6.07) is 3.95. The number of anilines is 1. The second-order valence-corrected chi connectivity index (χ2v) is 5.74. The van der Waals surface area contributed by atoms with Crippen LogP contribution in [0.1, 0.15) is 28.9 Å². The molecule has 3 heterocycles. The molecule has 0 aliphatic carbocycles. The van der Waals surface area contributed by atoms with E-state index in [-0.39, 0.29) is 17.5 Å². The number of pyridine rings is 1. The minimum Gasteiger partial charge on any atom is -0.367 e. The van der Waals surface area contributed by atoms with Crippen LogP contribution in [0.5, 0.6) is 0 Å². The van der Waals surface area contributed by atoms with Gasteiger partial charge >= 0.3 is 6.18 Å². The number of alkyl halides is 3. The Morgan fingerprint density at radius 3 is 2.48 bits per heavy atom. The van der Waals surface area contributed by atoms with Gasteiger partial charge in [-0.2, -0.15) is 13.2 Å². The normalized spacial score (nSPS) is 15.9. The van der Waals surface area contributed by atoms with Crippen LogP contribution in [0.4, 0.5) is 19.0 Å². The van der Waals surface area contributed by atoms with Gasteiger partial charge in [0.05, 0.1) is 5.56 Å². The van der Waals surface area contributed by atoms with Crippen LogP contribution in [-0.4, -0.2) is 44.9 Å². The first kappa shape index (κ1) is 17.1. The Bertz CT molecular complexity index is 713. The molecule has 25 heavy (non-hydrogen) atoms. The number of halogens is 3. The van der Waals surface area contributed by atoms with Crippen molar-refractivity contribution in [3.05, 3.63) is 48.2 Å². The molecule has 9 heteroatoms. The molecule has 3 rings (SSSR count). The Kier molecular flexibility index (Phi) is 4.82. The molecule has 0 atom stereocenters. The standard InChI is InChI=1S/C16H16F3N5O/c17-16(18,19)13-2-1-11(9-21-13)15(25)24-7-4-12(5-8-24)23-14-3-6-20-10-22-14/h1-3,6,9-10,12H,4-5,7-8H2,(H,20,22,23). The van der Waals surface area contributed by atoms with Crippen molar-refractivity contribution in [3.8, 4) is 0 Å². The van der Waals surface area contributed by atoms with Crippen molar-refractivity contribution in [2.45, 2.75) is 25.1 Å². The highest BCUT2D eigenvalue weighted by Gasteiger charge is 2.32. The Hall–Kier alpha value is -2.71. The van der Waals surface area contributed by atoms with E-state index in [9.17, 15) is 18.0 Å². The van der Waals surface area contributed by atoms with Gasteiger partial charge in [-0.05, 0) is 31.0 Å². The third-order valence-corrected chi connectivity index (χ3v) is 4.02. The largest absolute Gasteiger partial charge is 0.433 e. The Morgan fingerprint density at radius 2 is 1.92 bits per heavy atom. The fraction of sp³-hybridized carbons (Fsp3) is 0.375. The van der Waals surface area contributed by atoms with E-state index < -0.39 is 11.9 Å². The number of hydrogen-bond donors (Lipinski definition) is 1. The quantitative estimate of drug-likeness (QED) is 0.920. The monoisotopic (exact) mass is 351 g/mol. The van der Waals surface area contributed by atoms with E-state index in [0.717, 1.165) is 30.9 Å². The maximum atomic E-state index is 12.5. The van der Waals surface area contributed by atoms with Crippen molar-refractivity contribution in [2.24, 2.45) is 0 Å². The minimum atomic E-state index is -4.51. The topological polar surface area (TPSA) is 71.0 Å². The highest BCUT2D eigenvalue weighted by atomic mass is 19.4. The van der Waals surface area contributed by atoms with E-state index in [2.05, 4.69) is 20.3 Å². The number of carbonyl (C=O) groups is 1. The van der Waals surface area contributed by atoms with Crippen LogP contribution in [-0.2, 0) is 6.18 Å². The van der Waals surface area contributed by atoms with Crippen LogP contribution in [0.3, 0.4) is 0 Å². The van der Waals surface area contributed by atoms with Crippen molar-refractivity contribution < 1.29 is 18.0 Å². The van der Waals surface area contributed by atoms with Gasteiger partial charge in [0, 0.05) is 31.5 Å². The van der Waals surface area contributed by atoms with Crippen LogP contribution < -0.4 is 5.32 Å². The van der Waals surface area contributed by atoms with Gasteiger partial charge in [-0.25, -0.2) is 9.97 Å². The molecule has 132 valence electrons. The maximum Gasteiger partial charge on any atom is 0.433 e. The third-order valence-electron chi connectivity index (χ3n) is 4.02. The first-order valence-corrected chi connectivity index (χ1v) is 7.78. The summed E-state index contributed by atoms with van der Waals surface area (Å²) in [7, 11) is 0. The average Bonchev–Trinajstić information content (AvgIpc) is 2.62. The van der Waals surface area contributed by atoms with Crippen molar-refractivity contribution in [1.29, 1.82) is 0 Å². The molecule has 1 aliphatic rings. The zero-order valence-electron chi connectivity index (χ0n) is 13.2. The van der Waals surface area contributed by atoms with Gasteiger partial charge in [0.2, 0.25) is 0 Å². The van der Waals surface area contributed by atoms with Crippen molar-refractivity contribution in [1.82, 2.24) is 19.9 Å². The van der Waals surface area contributed by atoms with Crippen LogP contribution in [0.25, 0.3) is 0 Å². The lowest BCUT2D eigenvalue weighted by molar-refractivity contribution is -0.141. The molecule has 0 aromatic carbocycles. The van der Waals surface area contributed by atoms with E-state index in [1.54, 1.807) is 17.2 Å². The fourth-order valence-electron chi connectivity index (χ4n) is 2.68. The number of rotatable bonds is 3. The summed E-state index contributed by atoms with van der Waals surface area (Å²) in [5.41, 5.74) is -0.841. The highest BCUT2D eigenvalue weighted by Crippen LogP contribution is 2.27. The lowest BCUT2D eigenvalue weighted by atomic mass is 10.0. The molecular weight excluding hydrogens is 335 g/mol. The van der Waals surface area contributed by atoms with Gasteiger partial charge in [0.15, 0.2) is 0 Å². The number of nitrogens with zero attached hydrogens (tertiary/aromatic N) is 4. The average molecular weight is 351 g/mol. The molecule has 0 spiro atoms. The number of hydrogen-bond acceptors (Lipinski definition) is 5. The molecule has 6 nitrogen and oxygen atoms in total. The lowest BCUT2D eigenvalue weighted by Gasteiger charge is -2.32. The molecule has 1 amide bonds. The Balaban J connectivity index is 1.56. The molecule has 2 aromatic heterocycles. The summed E-state index contributed by atoms with van der Waals surface area (Å²) in [6.07, 6.45) is 1.03. The minimum absolute atomic E-state index is 0.162. The van der Waals surface area contributed by atoms with Gasteiger partial charge in [-0.3, -0.25) is 9.78 Å². The van der Waals surface area contributed by atoms with Gasteiger partial charge < -0.3 is 10.2 Å². The van der Waals surface area contributed by atoms with Gasteiger partial charge in [0.1, 0.15) is 17.8 Å². The predicted octanol–water partition coefficient (Wildman–Crippen LogP) is 2.61. The first-order valence-electron chi connectivity index (χ1n) is 7.78. The maximum absolute atomic E-state index is 12.5. The Morgan fingerprint density at radius 1 is 1.16 bits per heavy atom. The fourth-order valence-corrected chi connectivity index (χ4v) is 2.68. The summed E-state index contributed by atoms with van der Waals surface area (Å²) in [5, 5.41) is 3.28. The zero-order valence-corrected chi connectivity index (χ0v) is 13.2. The van der Waals surface area contributed by atoms with Crippen molar-refractivity contribution in [2.75, 3.05) is 18.4 Å². The number of likely N-dealkylation sites (tertiary alicyclic amines) is 1. The molecule has 0 bridgehead atoms. The summed E-state index contributed by atoms with van der Waals surface area (Å²) in [6.45, 7) is 1.03. The molecule has 2 aromatic rings. The number of piperidine rings is 1. The summed E-state index contributed by atoms with van der Waals surface area (Å²) in [4.78, 5) is 25.3. The predicted molar refractivity (Wildman–Crippen MR) is 83.8 cm³/mol. The van der Waals surface area contributed by atoms with Crippen LogP contribution >= 0.6 is 0 Å². The van der Waals surface area contributed by atoms with Gasteiger partial charge in [0.25, 0.3) is 5.91 Å². The van der Waals surface area contributed by atoms with Crippen LogP contribution in [0.15, 0.2) is 36.9 Å². The van der Waals surface area contributed by atoms with E-state index in [1.165, 1.54) is 12.4 Å². The van der Waals surface area contributed by atoms with Crippen LogP contribution in [0, 0.1) is 0 Å². The molecule has 1 fully saturated rings. The number of aromatic nitrogens is 3. The highest BCUT2D eigenvalue weighted by molar-refractivity contribution is 5.94. The van der Waals surface area contributed by atoms with Gasteiger partial charge in [-0.1, -0.05) is 0 Å².